The lowest BCUT2D eigenvalue weighted by atomic mass is 9.90. The van der Waals surface area contributed by atoms with Crippen LogP contribution in [-0.2, 0) is 6.42 Å². The second kappa shape index (κ2) is 13.2. The van der Waals surface area contributed by atoms with Gasteiger partial charge in [0, 0.05) is 36.7 Å². The molecule has 4 heterocycles. The highest BCUT2D eigenvalue weighted by Gasteiger charge is 2.16. The summed E-state index contributed by atoms with van der Waals surface area (Å²) in [6.45, 7) is 9.10. The highest BCUT2D eigenvalue weighted by molar-refractivity contribution is 5.63. The summed E-state index contributed by atoms with van der Waals surface area (Å²) in [5.74, 6) is 2.29. The van der Waals surface area contributed by atoms with Crippen LogP contribution in [0.1, 0.15) is 49.7 Å². The van der Waals surface area contributed by atoms with Gasteiger partial charge in [-0.3, -0.25) is 0 Å². The predicted octanol–water partition coefficient (Wildman–Crippen LogP) is 5.76. The molecule has 2 saturated heterocycles. The lowest BCUT2D eigenvalue weighted by Crippen LogP contribution is -2.33. The molecule has 0 bridgehead atoms. The first-order chi connectivity index (χ1) is 18.6. The average Bonchev–Trinajstić information content (AvgIpc) is 3.15. The minimum absolute atomic E-state index is 0.602. The zero-order valence-corrected chi connectivity index (χ0v) is 23.1. The Hall–Kier alpha value is -3.03. The summed E-state index contributed by atoms with van der Waals surface area (Å²) < 4.78 is 0. The van der Waals surface area contributed by atoms with Gasteiger partial charge in [0.15, 0.2) is 0 Å². The number of likely N-dealkylation sites (tertiary alicyclic amines) is 2. The summed E-state index contributed by atoms with van der Waals surface area (Å²) in [7, 11) is 2.24. The van der Waals surface area contributed by atoms with Gasteiger partial charge in [0.25, 0.3) is 0 Å². The van der Waals surface area contributed by atoms with Crippen molar-refractivity contribution in [2.45, 2.75) is 51.9 Å². The Morgan fingerprint density at radius 2 is 1.82 bits per heavy atom. The summed E-state index contributed by atoms with van der Waals surface area (Å²) in [6, 6.07) is 12.7. The Bertz CT molecular complexity index is 1160. The molecule has 0 aliphatic carbocycles. The molecule has 2 aliphatic heterocycles. The van der Waals surface area contributed by atoms with Crippen molar-refractivity contribution in [1.29, 1.82) is 0 Å². The minimum atomic E-state index is 0.602. The van der Waals surface area contributed by atoms with Gasteiger partial charge in [0.1, 0.15) is 5.82 Å². The summed E-state index contributed by atoms with van der Waals surface area (Å²) in [6.07, 6.45) is 12.8. The van der Waals surface area contributed by atoms with E-state index in [9.17, 15) is 0 Å². The molecule has 1 aromatic carbocycles. The van der Waals surface area contributed by atoms with Crippen molar-refractivity contribution in [2.75, 3.05) is 56.9 Å². The van der Waals surface area contributed by atoms with Crippen LogP contribution in [0.3, 0.4) is 0 Å². The molecule has 0 amide bonds. The number of hydrogen-bond acceptors (Lipinski definition) is 7. The second-order valence-electron chi connectivity index (χ2n) is 11.1. The van der Waals surface area contributed by atoms with E-state index in [-0.39, 0.29) is 0 Å². The summed E-state index contributed by atoms with van der Waals surface area (Å²) in [5.41, 5.74) is 5.65. The molecule has 1 atom stereocenters. The number of nitrogens with zero attached hydrogens (tertiary/aromatic N) is 5. The number of benzene rings is 1. The third-order valence-electron chi connectivity index (χ3n) is 8.08. The fraction of sp³-hybridized carbons (Fsp3) is 0.516. The van der Waals surface area contributed by atoms with Crippen molar-refractivity contribution in [3.8, 4) is 11.3 Å². The molecule has 0 saturated carbocycles. The van der Waals surface area contributed by atoms with Crippen LogP contribution in [0.2, 0.25) is 0 Å². The van der Waals surface area contributed by atoms with Crippen molar-refractivity contribution >= 4 is 17.5 Å². The zero-order valence-electron chi connectivity index (χ0n) is 23.1. The quantitative estimate of drug-likeness (QED) is 0.377. The van der Waals surface area contributed by atoms with Crippen LogP contribution in [0, 0.1) is 12.8 Å². The maximum atomic E-state index is 4.76. The first-order valence-corrected chi connectivity index (χ1v) is 14.4. The molecule has 7 heteroatoms. The Morgan fingerprint density at radius 3 is 2.63 bits per heavy atom. The van der Waals surface area contributed by atoms with E-state index in [0.717, 1.165) is 41.8 Å². The van der Waals surface area contributed by atoms with Crippen LogP contribution in [0.4, 0.5) is 17.5 Å². The number of aromatic nitrogens is 3. The van der Waals surface area contributed by atoms with Gasteiger partial charge in [0.05, 0.1) is 5.69 Å². The van der Waals surface area contributed by atoms with Crippen LogP contribution in [0.25, 0.3) is 11.3 Å². The van der Waals surface area contributed by atoms with E-state index >= 15 is 0 Å². The first kappa shape index (κ1) is 26.6. The number of pyridine rings is 1. The normalized spacial score (nSPS) is 19.2. The van der Waals surface area contributed by atoms with E-state index in [1.54, 1.807) is 6.20 Å². The lowest BCUT2D eigenvalue weighted by molar-refractivity contribution is 0.237. The molecule has 38 heavy (non-hydrogen) atoms. The number of aryl methyl sites for hydroxylation is 1. The fourth-order valence-corrected chi connectivity index (χ4v) is 5.71. The van der Waals surface area contributed by atoms with Crippen molar-refractivity contribution in [3.63, 3.8) is 0 Å². The van der Waals surface area contributed by atoms with Crippen molar-refractivity contribution in [3.05, 3.63) is 59.9 Å². The van der Waals surface area contributed by atoms with Gasteiger partial charge >= 0.3 is 0 Å². The van der Waals surface area contributed by atoms with Gasteiger partial charge in [-0.05, 0) is 126 Å². The zero-order chi connectivity index (χ0) is 26.2. The highest BCUT2D eigenvalue weighted by atomic mass is 15.1. The molecule has 3 aromatic rings. The molecule has 5 rings (SSSR count). The Labute approximate surface area is 228 Å². The van der Waals surface area contributed by atoms with Gasteiger partial charge in [0.2, 0.25) is 5.95 Å². The Balaban J connectivity index is 1.16. The van der Waals surface area contributed by atoms with Gasteiger partial charge in [-0.2, -0.15) is 0 Å². The second-order valence-corrected chi connectivity index (χ2v) is 11.1. The maximum Gasteiger partial charge on any atom is 0.227 e. The van der Waals surface area contributed by atoms with Crippen LogP contribution in [-0.4, -0.2) is 71.1 Å². The van der Waals surface area contributed by atoms with Crippen molar-refractivity contribution in [1.82, 2.24) is 24.8 Å². The Morgan fingerprint density at radius 1 is 0.921 bits per heavy atom. The summed E-state index contributed by atoms with van der Waals surface area (Å²) >= 11 is 0. The number of nitrogens with one attached hydrogen (secondary N) is 2. The summed E-state index contributed by atoms with van der Waals surface area (Å²) in [5, 5.41) is 6.86. The SMILES string of the molecule is Cc1cc(Nc2nccc(-c3ccc(NCCN4CCCCC4)nc3)n2)ccc1CC1CCCN(C)CC1. The van der Waals surface area contributed by atoms with Gasteiger partial charge in [-0.25, -0.2) is 15.0 Å². The van der Waals surface area contributed by atoms with Crippen LogP contribution >= 0.6 is 0 Å². The van der Waals surface area contributed by atoms with E-state index in [4.69, 9.17) is 4.98 Å². The molecule has 2 aliphatic rings. The van der Waals surface area contributed by atoms with Gasteiger partial charge < -0.3 is 20.4 Å². The van der Waals surface area contributed by atoms with E-state index < -0.39 is 0 Å². The molecule has 2 fully saturated rings. The van der Waals surface area contributed by atoms with E-state index in [0.29, 0.717) is 5.95 Å². The molecule has 0 radical (unpaired) electrons. The van der Waals surface area contributed by atoms with Crippen molar-refractivity contribution in [2.24, 2.45) is 5.92 Å². The predicted molar refractivity (Wildman–Crippen MR) is 157 cm³/mol. The monoisotopic (exact) mass is 513 g/mol. The number of anilines is 3. The number of piperidine rings is 1. The van der Waals surface area contributed by atoms with Crippen molar-refractivity contribution < 1.29 is 0 Å². The Kier molecular flexibility index (Phi) is 9.20. The van der Waals surface area contributed by atoms with Gasteiger partial charge in [-0.1, -0.05) is 12.5 Å². The van der Waals surface area contributed by atoms with E-state index in [2.05, 4.69) is 68.6 Å². The van der Waals surface area contributed by atoms with E-state index in [1.807, 2.05) is 18.3 Å². The average molecular weight is 514 g/mol. The lowest BCUT2D eigenvalue weighted by Gasteiger charge is -2.26. The number of rotatable bonds is 9. The third-order valence-corrected chi connectivity index (χ3v) is 8.08. The van der Waals surface area contributed by atoms with Crippen LogP contribution in [0.5, 0.6) is 0 Å². The molecule has 0 spiro atoms. The topological polar surface area (TPSA) is 69.2 Å². The molecule has 7 nitrogen and oxygen atoms in total. The van der Waals surface area contributed by atoms with Gasteiger partial charge in [-0.15, -0.1) is 0 Å². The first-order valence-electron chi connectivity index (χ1n) is 14.4. The minimum Gasteiger partial charge on any atom is -0.369 e. The maximum absolute atomic E-state index is 4.76. The van der Waals surface area contributed by atoms with Crippen LogP contribution in [0.15, 0.2) is 48.8 Å². The number of hydrogen-bond donors (Lipinski definition) is 2. The molecular formula is C31H43N7. The molecule has 2 aromatic heterocycles. The fourth-order valence-electron chi connectivity index (χ4n) is 5.71. The van der Waals surface area contributed by atoms with Crippen LogP contribution < -0.4 is 10.6 Å². The molecule has 202 valence electrons. The van der Waals surface area contributed by atoms with E-state index in [1.165, 1.54) is 82.3 Å². The molecule has 1 unspecified atom stereocenters. The molecular weight excluding hydrogens is 470 g/mol. The summed E-state index contributed by atoms with van der Waals surface area (Å²) in [4.78, 5) is 18.8. The highest BCUT2D eigenvalue weighted by Crippen LogP contribution is 2.26. The standard InChI is InChI=1S/C31H43N7/c1-24-21-28(10-8-26(24)22-25-7-6-16-37(2)19-13-25)35-31-33-14-12-29(36-31)27-9-11-30(34-23-27)32-15-20-38-17-4-3-5-18-38/h8-12,14,21,23,25H,3-7,13,15-20,22H2,1-2H3,(H,32,34)(H,33,35,36). The molecule has 2 N–H and O–H groups in total. The smallest absolute Gasteiger partial charge is 0.227 e. The largest absolute Gasteiger partial charge is 0.369 e. The third kappa shape index (κ3) is 7.51.